The maximum Gasteiger partial charge on any atom is 0.298 e. The van der Waals surface area contributed by atoms with E-state index < -0.39 is 11.1 Å². The molecule has 1 fully saturated rings. The highest BCUT2D eigenvalue weighted by Gasteiger charge is 2.36. The summed E-state index contributed by atoms with van der Waals surface area (Å²) in [5, 5.41) is 9.68. The van der Waals surface area contributed by atoms with Crippen LogP contribution in [0.25, 0.3) is 6.08 Å². The minimum atomic E-state index is -0.457. The Morgan fingerprint density at radius 2 is 1.61 bits per heavy atom. The molecule has 1 heterocycles. The lowest BCUT2D eigenvalue weighted by Crippen LogP contribution is -2.27. The summed E-state index contributed by atoms with van der Waals surface area (Å²) < 4.78 is 0. The summed E-state index contributed by atoms with van der Waals surface area (Å²) in [5.41, 5.74) is 0.881. The number of aromatic hydroxyl groups is 1. The van der Waals surface area contributed by atoms with Crippen molar-refractivity contribution in [2.75, 3.05) is 4.90 Å². The van der Waals surface area contributed by atoms with E-state index in [-0.39, 0.29) is 10.7 Å². The van der Waals surface area contributed by atoms with Crippen molar-refractivity contribution in [3.8, 4) is 5.75 Å². The Bertz CT molecular complexity index is 813. The molecule has 23 heavy (non-hydrogen) atoms. The number of hydrogen-bond donors (Lipinski definition) is 1. The predicted octanol–water partition coefficient (Wildman–Crippen LogP) is 4.94. The number of imide groups is 1. The molecule has 2 amide bonds. The van der Waals surface area contributed by atoms with Crippen LogP contribution in [0.5, 0.6) is 5.75 Å². The third-order valence-corrected chi connectivity index (χ3v) is 4.71. The van der Waals surface area contributed by atoms with Crippen LogP contribution in [0, 0.1) is 0 Å². The monoisotopic (exact) mass is 365 g/mol. The fourth-order valence-corrected chi connectivity index (χ4v) is 3.40. The summed E-state index contributed by atoms with van der Waals surface area (Å²) in [4.78, 5) is 25.9. The Hall–Kier alpha value is -1.95. The number of benzene rings is 2. The molecule has 0 spiro atoms. The topological polar surface area (TPSA) is 57.6 Å². The second kappa shape index (κ2) is 6.28. The molecule has 116 valence electrons. The molecule has 0 aliphatic carbocycles. The summed E-state index contributed by atoms with van der Waals surface area (Å²) in [7, 11) is 0. The molecule has 0 saturated carbocycles. The second-order valence-corrected chi connectivity index (χ2v) is 6.48. The van der Waals surface area contributed by atoms with E-state index in [2.05, 4.69) is 0 Å². The van der Waals surface area contributed by atoms with Gasteiger partial charge in [0, 0.05) is 15.6 Å². The largest absolute Gasteiger partial charge is 0.508 e. The van der Waals surface area contributed by atoms with Gasteiger partial charge in [-0.1, -0.05) is 29.3 Å². The summed E-state index contributed by atoms with van der Waals surface area (Å²) in [6, 6.07) is 10.8. The predicted molar refractivity (Wildman–Crippen MR) is 93.0 cm³/mol. The maximum absolute atomic E-state index is 12.5. The third kappa shape index (κ3) is 3.08. The fourth-order valence-electron chi connectivity index (χ4n) is 2.07. The number of phenolic OH excluding ortho intramolecular Hbond substituents is 1. The number of rotatable bonds is 2. The molecular weight excluding hydrogens is 357 g/mol. The molecule has 2 aromatic rings. The van der Waals surface area contributed by atoms with Gasteiger partial charge in [-0.25, -0.2) is 4.90 Å². The number of carbonyl (C=O) groups excluding carboxylic acids is 2. The number of hydrogen-bond acceptors (Lipinski definition) is 4. The van der Waals surface area contributed by atoms with Crippen LogP contribution in [0.2, 0.25) is 10.0 Å². The molecule has 3 rings (SSSR count). The van der Waals surface area contributed by atoms with Gasteiger partial charge in [0.15, 0.2) is 0 Å². The molecule has 7 heteroatoms. The molecule has 0 radical (unpaired) electrons. The van der Waals surface area contributed by atoms with Crippen molar-refractivity contribution in [2.24, 2.45) is 0 Å². The highest BCUT2D eigenvalue weighted by Crippen LogP contribution is 2.38. The van der Waals surface area contributed by atoms with E-state index in [1.165, 1.54) is 30.3 Å². The van der Waals surface area contributed by atoms with Crippen molar-refractivity contribution >= 4 is 57.9 Å². The maximum atomic E-state index is 12.5. The molecule has 0 unspecified atom stereocenters. The van der Waals surface area contributed by atoms with Crippen LogP contribution in [0.3, 0.4) is 0 Å². The Morgan fingerprint density at radius 3 is 2.22 bits per heavy atom. The number of halogens is 2. The number of thioether (sulfide) groups is 1. The van der Waals surface area contributed by atoms with Crippen molar-refractivity contribution in [3.05, 3.63) is 63.0 Å². The molecule has 4 nitrogen and oxygen atoms in total. The minimum absolute atomic E-state index is 0.0547. The van der Waals surface area contributed by atoms with Crippen molar-refractivity contribution in [1.82, 2.24) is 0 Å². The van der Waals surface area contributed by atoms with Gasteiger partial charge in [0.05, 0.1) is 10.6 Å². The van der Waals surface area contributed by atoms with Crippen molar-refractivity contribution in [2.45, 2.75) is 0 Å². The van der Waals surface area contributed by atoms with Crippen LogP contribution in [-0.2, 0) is 4.79 Å². The van der Waals surface area contributed by atoms with E-state index in [9.17, 15) is 14.7 Å². The number of amides is 2. The van der Waals surface area contributed by atoms with Crippen molar-refractivity contribution < 1.29 is 14.7 Å². The Morgan fingerprint density at radius 1 is 1.00 bits per heavy atom. The van der Waals surface area contributed by atoms with Crippen LogP contribution >= 0.6 is 35.0 Å². The standard InChI is InChI=1S/C16H9Cl2NO3S/c17-12-2-1-3-13(18)11(12)8-14-15(21)19(16(22)23-14)9-4-6-10(20)7-5-9/h1-8,20H/b14-8-. The highest BCUT2D eigenvalue weighted by atomic mass is 35.5. The first-order valence-electron chi connectivity index (χ1n) is 6.48. The van der Waals surface area contributed by atoms with Gasteiger partial charge in [0.1, 0.15) is 5.75 Å². The summed E-state index contributed by atoms with van der Waals surface area (Å²) in [6.07, 6.45) is 1.51. The molecule has 1 N–H and O–H groups in total. The lowest BCUT2D eigenvalue weighted by atomic mass is 10.2. The lowest BCUT2D eigenvalue weighted by molar-refractivity contribution is -0.113. The zero-order valence-corrected chi connectivity index (χ0v) is 13.8. The minimum Gasteiger partial charge on any atom is -0.508 e. The lowest BCUT2D eigenvalue weighted by Gasteiger charge is -2.12. The van der Waals surface area contributed by atoms with Gasteiger partial charge in [-0.05, 0) is 54.2 Å². The van der Waals surface area contributed by atoms with Gasteiger partial charge in [-0.15, -0.1) is 0 Å². The van der Waals surface area contributed by atoms with E-state index in [0.717, 1.165) is 16.7 Å². The van der Waals surface area contributed by atoms with Crippen molar-refractivity contribution in [1.29, 1.82) is 0 Å². The number of phenols is 1. The van der Waals surface area contributed by atoms with Gasteiger partial charge >= 0.3 is 0 Å². The fraction of sp³-hybridized carbons (Fsp3) is 0. The molecule has 1 saturated heterocycles. The molecule has 1 aliphatic heterocycles. The van der Waals surface area contributed by atoms with Crippen LogP contribution in [-0.4, -0.2) is 16.3 Å². The summed E-state index contributed by atoms with van der Waals surface area (Å²) in [6.45, 7) is 0. The Labute approximate surface area is 146 Å². The molecule has 0 atom stereocenters. The summed E-state index contributed by atoms with van der Waals surface area (Å²) in [5.74, 6) is -0.402. The van der Waals surface area contributed by atoms with Gasteiger partial charge < -0.3 is 5.11 Å². The zero-order valence-electron chi connectivity index (χ0n) is 11.5. The second-order valence-electron chi connectivity index (χ2n) is 4.67. The number of carbonyl (C=O) groups is 2. The number of anilines is 1. The van der Waals surface area contributed by atoms with Crippen LogP contribution in [0.15, 0.2) is 47.4 Å². The van der Waals surface area contributed by atoms with E-state index in [1.807, 2.05) is 0 Å². The quantitative estimate of drug-likeness (QED) is 0.765. The average Bonchev–Trinajstić information content (AvgIpc) is 2.79. The van der Waals surface area contributed by atoms with Crippen LogP contribution in [0.1, 0.15) is 5.56 Å². The van der Waals surface area contributed by atoms with Gasteiger partial charge in [-0.2, -0.15) is 0 Å². The first-order chi connectivity index (χ1) is 11.0. The molecule has 0 aromatic heterocycles. The van der Waals surface area contributed by atoms with E-state index in [0.29, 0.717) is 21.3 Å². The van der Waals surface area contributed by atoms with Crippen molar-refractivity contribution in [3.63, 3.8) is 0 Å². The zero-order chi connectivity index (χ0) is 16.6. The molecule has 1 aliphatic rings. The molecule has 2 aromatic carbocycles. The normalized spacial score (nSPS) is 16.4. The van der Waals surface area contributed by atoms with Gasteiger partial charge in [-0.3, -0.25) is 9.59 Å². The Kier molecular flexibility index (Phi) is 4.35. The first kappa shape index (κ1) is 15.9. The van der Waals surface area contributed by atoms with E-state index in [1.54, 1.807) is 18.2 Å². The SMILES string of the molecule is O=C1S/C(=C\c2c(Cl)cccc2Cl)C(=O)N1c1ccc(O)cc1. The van der Waals surface area contributed by atoms with Gasteiger partial charge in [0.25, 0.3) is 11.1 Å². The first-order valence-corrected chi connectivity index (χ1v) is 8.05. The Balaban J connectivity index is 1.98. The third-order valence-electron chi connectivity index (χ3n) is 3.18. The van der Waals surface area contributed by atoms with E-state index >= 15 is 0 Å². The van der Waals surface area contributed by atoms with Crippen LogP contribution in [0.4, 0.5) is 10.5 Å². The van der Waals surface area contributed by atoms with Gasteiger partial charge in [0.2, 0.25) is 0 Å². The van der Waals surface area contributed by atoms with Crippen LogP contribution < -0.4 is 4.90 Å². The smallest absolute Gasteiger partial charge is 0.298 e. The highest BCUT2D eigenvalue weighted by molar-refractivity contribution is 8.19. The summed E-state index contributed by atoms with van der Waals surface area (Å²) >= 11 is 13.0. The number of nitrogens with zero attached hydrogens (tertiary/aromatic N) is 1. The molecule has 0 bridgehead atoms. The average molecular weight is 366 g/mol. The molecular formula is C16H9Cl2NO3S. The van der Waals surface area contributed by atoms with E-state index in [4.69, 9.17) is 23.2 Å².